The molecule has 1 heterocycles. The molecule has 1 saturated heterocycles. The van der Waals surface area contributed by atoms with Crippen LogP contribution in [0.25, 0.3) is 0 Å². The van der Waals surface area contributed by atoms with E-state index >= 15 is 0 Å². The van der Waals surface area contributed by atoms with Gasteiger partial charge in [-0.2, -0.15) is 0 Å². The van der Waals surface area contributed by atoms with Gasteiger partial charge in [0.2, 0.25) is 0 Å². The SMILES string of the molecule is CNCC1(CCOCCOCCOC)CCOC1C. The summed E-state index contributed by atoms with van der Waals surface area (Å²) >= 11 is 0. The second kappa shape index (κ2) is 9.66. The van der Waals surface area contributed by atoms with E-state index in [2.05, 4.69) is 12.2 Å². The zero-order valence-corrected chi connectivity index (χ0v) is 12.6. The lowest BCUT2D eigenvalue weighted by Gasteiger charge is -2.32. The van der Waals surface area contributed by atoms with Crippen LogP contribution in [0.4, 0.5) is 0 Å². The van der Waals surface area contributed by atoms with Gasteiger partial charge in [0.1, 0.15) is 0 Å². The van der Waals surface area contributed by atoms with Crippen LogP contribution < -0.4 is 5.32 Å². The van der Waals surface area contributed by atoms with Gasteiger partial charge in [-0.05, 0) is 26.8 Å². The van der Waals surface area contributed by atoms with Gasteiger partial charge in [-0.25, -0.2) is 0 Å². The topological polar surface area (TPSA) is 49.0 Å². The zero-order valence-electron chi connectivity index (χ0n) is 12.6. The third kappa shape index (κ3) is 5.75. The molecule has 1 aliphatic rings. The van der Waals surface area contributed by atoms with E-state index in [1.165, 1.54) is 0 Å². The highest BCUT2D eigenvalue weighted by Crippen LogP contribution is 2.37. The molecule has 1 fully saturated rings. The standard InChI is InChI=1S/C14H29NO4/c1-13-14(12-15-2,5-7-19-13)4-6-17-10-11-18-9-8-16-3/h13,15H,4-12H2,1-3H3. The van der Waals surface area contributed by atoms with Crippen LogP contribution in [0.15, 0.2) is 0 Å². The summed E-state index contributed by atoms with van der Waals surface area (Å²) < 4.78 is 21.6. The minimum absolute atomic E-state index is 0.228. The van der Waals surface area contributed by atoms with Crippen LogP contribution in [-0.2, 0) is 18.9 Å². The Balaban J connectivity index is 2.09. The van der Waals surface area contributed by atoms with E-state index in [1.807, 2.05) is 7.05 Å². The fraction of sp³-hybridized carbons (Fsp3) is 1.00. The lowest BCUT2D eigenvalue weighted by molar-refractivity contribution is 0.00493. The molecule has 0 aliphatic carbocycles. The van der Waals surface area contributed by atoms with Gasteiger partial charge in [-0.1, -0.05) is 0 Å². The summed E-state index contributed by atoms with van der Waals surface area (Å²) in [6, 6.07) is 0. The first-order valence-electron chi connectivity index (χ1n) is 7.16. The monoisotopic (exact) mass is 275 g/mol. The van der Waals surface area contributed by atoms with Crippen molar-refractivity contribution in [2.45, 2.75) is 25.9 Å². The summed E-state index contributed by atoms with van der Waals surface area (Å²) in [5, 5.41) is 3.28. The Bertz CT molecular complexity index is 227. The van der Waals surface area contributed by atoms with Gasteiger partial charge in [-0.3, -0.25) is 0 Å². The van der Waals surface area contributed by atoms with E-state index in [4.69, 9.17) is 18.9 Å². The summed E-state index contributed by atoms with van der Waals surface area (Å²) in [5.74, 6) is 0. The summed E-state index contributed by atoms with van der Waals surface area (Å²) in [5.41, 5.74) is 0.228. The summed E-state index contributed by atoms with van der Waals surface area (Å²) in [6.45, 7) is 7.34. The first kappa shape index (κ1) is 16.9. The highest BCUT2D eigenvalue weighted by Gasteiger charge is 2.40. The Morgan fingerprint density at radius 2 is 1.84 bits per heavy atom. The Kier molecular flexibility index (Phi) is 8.57. The Morgan fingerprint density at radius 3 is 2.42 bits per heavy atom. The molecule has 5 nitrogen and oxygen atoms in total. The van der Waals surface area contributed by atoms with Crippen LogP contribution in [0.1, 0.15) is 19.8 Å². The highest BCUT2D eigenvalue weighted by atomic mass is 16.5. The number of ether oxygens (including phenoxy) is 4. The molecule has 0 radical (unpaired) electrons. The molecule has 114 valence electrons. The van der Waals surface area contributed by atoms with Crippen LogP contribution >= 0.6 is 0 Å². The molecule has 1 rings (SSSR count). The van der Waals surface area contributed by atoms with Crippen LogP contribution in [0.2, 0.25) is 0 Å². The maximum absolute atomic E-state index is 5.71. The lowest BCUT2D eigenvalue weighted by Crippen LogP contribution is -2.39. The molecule has 0 bridgehead atoms. The van der Waals surface area contributed by atoms with Gasteiger partial charge in [0, 0.05) is 32.3 Å². The Morgan fingerprint density at radius 1 is 1.16 bits per heavy atom. The summed E-state index contributed by atoms with van der Waals surface area (Å²) in [7, 11) is 3.67. The van der Waals surface area contributed by atoms with E-state index in [0.717, 1.165) is 32.6 Å². The van der Waals surface area contributed by atoms with Crippen LogP contribution in [0, 0.1) is 5.41 Å². The maximum Gasteiger partial charge on any atom is 0.0701 e. The van der Waals surface area contributed by atoms with Gasteiger partial charge < -0.3 is 24.3 Å². The number of hydrogen-bond acceptors (Lipinski definition) is 5. The van der Waals surface area contributed by atoms with Crippen molar-refractivity contribution in [2.75, 3.05) is 60.3 Å². The van der Waals surface area contributed by atoms with Gasteiger partial charge in [-0.15, -0.1) is 0 Å². The molecule has 2 atom stereocenters. The van der Waals surface area contributed by atoms with Crippen LogP contribution in [0.5, 0.6) is 0 Å². The molecule has 2 unspecified atom stereocenters. The van der Waals surface area contributed by atoms with E-state index in [0.29, 0.717) is 32.5 Å². The number of hydrogen-bond donors (Lipinski definition) is 1. The van der Waals surface area contributed by atoms with E-state index in [-0.39, 0.29) is 5.41 Å². The smallest absolute Gasteiger partial charge is 0.0701 e. The van der Waals surface area contributed by atoms with Gasteiger partial charge in [0.15, 0.2) is 0 Å². The van der Waals surface area contributed by atoms with Crippen molar-refractivity contribution in [1.29, 1.82) is 0 Å². The van der Waals surface area contributed by atoms with Crippen molar-refractivity contribution in [2.24, 2.45) is 5.41 Å². The molecule has 19 heavy (non-hydrogen) atoms. The fourth-order valence-electron chi connectivity index (χ4n) is 2.56. The van der Waals surface area contributed by atoms with Crippen LogP contribution in [-0.4, -0.2) is 66.4 Å². The number of nitrogens with one attached hydrogen (secondary N) is 1. The molecule has 1 aliphatic heterocycles. The van der Waals surface area contributed by atoms with E-state index in [1.54, 1.807) is 7.11 Å². The largest absolute Gasteiger partial charge is 0.382 e. The molecule has 0 saturated carbocycles. The van der Waals surface area contributed by atoms with E-state index < -0.39 is 0 Å². The van der Waals surface area contributed by atoms with Gasteiger partial charge >= 0.3 is 0 Å². The molecular formula is C14H29NO4. The number of rotatable bonds is 11. The molecule has 0 spiro atoms. The predicted molar refractivity (Wildman–Crippen MR) is 74.5 cm³/mol. The van der Waals surface area contributed by atoms with Gasteiger partial charge in [0.25, 0.3) is 0 Å². The summed E-state index contributed by atoms with van der Waals surface area (Å²) in [4.78, 5) is 0. The van der Waals surface area contributed by atoms with Crippen molar-refractivity contribution in [3.05, 3.63) is 0 Å². The summed E-state index contributed by atoms with van der Waals surface area (Å²) in [6.07, 6.45) is 2.46. The average Bonchev–Trinajstić information content (AvgIpc) is 2.75. The first-order valence-corrected chi connectivity index (χ1v) is 7.16. The van der Waals surface area contributed by atoms with E-state index in [9.17, 15) is 0 Å². The van der Waals surface area contributed by atoms with Crippen molar-refractivity contribution in [3.63, 3.8) is 0 Å². The molecule has 0 amide bonds. The lowest BCUT2D eigenvalue weighted by atomic mass is 9.78. The van der Waals surface area contributed by atoms with Crippen molar-refractivity contribution in [3.8, 4) is 0 Å². The molecule has 0 aromatic carbocycles. The molecule has 1 N–H and O–H groups in total. The third-order valence-corrected chi connectivity index (χ3v) is 3.91. The maximum atomic E-state index is 5.71. The average molecular weight is 275 g/mol. The Hall–Kier alpha value is -0.200. The van der Waals surface area contributed by atoms with Crippen molar-refractivity contribution in [1.82, 2.24) is 5.32 Å². The van der Waals surface area contributed by atoms with Crippen molar-refractivity contribution < 1.29 is 18.9 Å². The minimum atomic E-state index is 0.228. The van der Waals surface area contributed by atoms with Crippen molar-refractivity contribution >= 4 is 0 Å². The fourth-order valence-corrected chi connectivity index (χ4v) is 2.56. The Labute approximate surface area is 116 Å². The minimum Gasteiger partial charge on any atom is -0.382 e. The quantitative estimate of drug-likeness (QED) is 0.572. The normalized spacial score (nSPS) is 27.0. The molecular weight excluding hydrogens is 246 g/mol. The third-order valence-electron chi connectivity index (χ3n) is 3.91. The molecule has 0 aromatic rings. The number of methoxy groups -OCH3 is 1. The first-order chi connectivity index (χ1) is 9.25. The molecule has 0 aromatic heterocycles. The zero-order chi connectivity index (χ0) is 14.0. The predicted octanol–water partition coefficient (Wildman–Crippen LogP) is 1.07. The van der Waals surface area contributed by atoms with Gasteiger partial charge in [0.05, 0.1) is 32.5 Å². The second-order valence-corrected chi connectivity index (χ2v) is 5.12. The molecule has 5 heteroatoms. The second-order valence-electron chi connectivity index (χ2n) is 5.12. The highest BCUT2D eigenvalue weighted by molar-refractivity contribution is 4.90. The van der Waals surface area contributed by atoms with Crippen LogP contribution in [0.3, 0.4) is 0 Å².